The lowest BCUT2D eigenvalue weighted by atomic mass is 9.80. The lowest BCUT2D eigenvalue weighted by Crippen LogP contribution is -2.47. The number of piperidine rings is 1. The standard InChI is InChI=1S/C12H23N/c1-11(2)10-12-6-3-4-8-13(12)9-5-7-12/h11H,3-10H2,1-2H3. The molecule has 2 saturated heterocycles. The predicted molar refractivity (Wildman–Crippen MR) is 56.8 cm³/mol. The maximum absolute atomic E-state index is 2.79. The second-order valence-corrected chi connectivity index (χ2v) is 5.37. The van der Waals surface area contributed by atoms with Crippen molar-refractivity contribution in [3.05, 3.63) is 0 Å². The third-order valence-corrected chi connectivity index (χ3v) is 3.85. The Morgan fingerprint density at radius 3 is 2.54 bits per heavy atom. The van der Waals surface area contributed by atoms with E-state index in [1.165, 1.54) is 51.6 Å². The summed E-state index contributed by atoms with van der Waals surface area (Å²) in [6.07, 6.45) is 8.76. The van der Waals surface area contributed by atoms with E-state index in [0.717, 1.165) is 5.92 Å². The van der Waals surface area contributed by atoms with Crippen LogP contribution in [0.1, 0.15) is 52.4 Å². The molecule has 0 amide bonds. The van der Waals surface area contributed by atoms with Crippen molar-refractivity contribution < 1.29 is 0 Å². The third-order valence-electron chi connectivity index (χ3n) is 3.85. The monoisotopic (exact) mass is 181 g/mol. The lowest BCUT2D eigenvalue weighted by molar-refractivity contribution is 0.0696. The first-order valence-electron chi connectivity index (χ1n) is 5.98. The zero-order valence-electron chi connectivity index (χ0n) is 9.18. The van der Waals surface area contributed by atoms with Crippen LogP contribution in [0.2, 0.25) is 0 Å². The number of fused-ring (bicyclic) bond motifs is 1. The number of nitrogens with zero attached hydrogens (tertiary/aromatic N) is 1. The van der Waals surface area contributed by atoms with Crippen molar-refractivity contribution >= 4 is 0 Å². The minimum absolute atomic E-state index is 0.645. The van der Waals surface area contributed by atoms with Crippen molar-refractivity contribution in [2.45, 2.75) is 57.9 Å². The quantitative estimate of drug-likeness (QED) is 0.633. The topological polar surface area (TPSA) is 3.24 Å². The van der Waals surface area contributed by atoms with Crippen LogP contribution < -0.4 is 0 Å². The molecule has 0 saturated carbocycles. The highest BCUT2D eigenvalue weighted by atomic mass is 15.2. The van der Waals surface area contributed by atoms with Gasteiger partial charge in [0.2, 0.25) is 0 Å². The maximum Gasteiger partial charge on any atom is 0.0212 e. The minimum Gasteiger partial charge on any atom is -0.298 e. The van der Waals surface area contributed by atoms with Crippen LogP contribution in [-0.4, -0.2) is 23.5 Å². The highest BCUT2D eigenvalue weighted by molar-refractivity contribution is 4.98. The van der Waals surface area contributed by atoms with Gasteiger partial charge in [0.15, 0.2) is 0 Å². The Kier molecular flexibility index (Phi) is 2.64. The van der Waals surface area contributed by atoms with Gasteiger partial charge in [-0.05, 0) is 51.1 Å². The van der Waals surface area contributed by atoms with Gasteiger partial charge in [-0.25, -0.2) is 0 Å². The van der Waals surface area contributed by atoms with Crippen molar-refractivity contribution in [2.75, 3.05) is 13.1 Å². The van der Waals surface area contributed by atoms with E-state index in [1.54, 1.807) is 0 Å². The van der Waals surface area contributed by atoms with Gasteiger partial charge in [0.25, 0.3) is 0 Å². The smallest absolute Gasteiger partial charge is 0.0212 e. The van der Waals surface area contributed by atoms with Gasteiger partial charge in [-0.3, -0.25) is 4.90 Å². The number of hydrogen-bond acceptors (Lipinski definition) is 1. The molecule has 0 aromatic carbocycles. The van der Waals surface area contributed by atoms with Gasteiger partial charge in [-0.2, -0.15) is 0 Å². The summed E-state index contributed by atoms with van der Waals surface area (Å²) in [5, 5.41) is 0. The van der Waals surface area contributed by atoms with Gasteiger partial charge >= 0.3 is 0 Å². The average molecular weight is 181 g/mol. The van der Waals surface area contributed by atoms with Gasteiger partial charge in [0, 0.05) is 5.54 Å². The van der Waals surface area contributed by atoms with Crippen LogP contribution >= 0.6 is 0 Å². The molecule has 0 aromatic heterocycles. The van der Waals surface area contributed by atoms with Crippen LogP contribution in [0.4, 0.5) is 0 Å². The SMILES string of the molecule is CC(C)CC12CCCCN1CCC2. The van der Waals surface area contributed by atoms with Crippen LogP contribution in [0.15, 0.2) is 0 Å². The Hall–Kier alpha value is -0.0400. The molecule has 0 aliphatic carbocycles. The second-order valence-electron chi connectivity index (χ2n) is 5.37. The highest BCUT2D eigenvalue weighted by Crippen LogP contribution is 2.41. The summed E-state index contributed by atoms with van der Waals surface area (Å²) in [6.45, 7) is 7.51. The van der Waals surface area contributed by atoms with Crippen LogP contribution in [-0.2, 0) is 0 Å². The molecule has 0 N–H and O–H groups in total. The number of hydrogen-bond donors (Lipinski definition) is 0. The van der Waals surface area contributed by atoms with Crippen molar-refractivity contribution in [2.24, 2.45) is 5.92 Å². The maximum atomic E-state index is 2.79. The molecule has 2 aliphatic heterocycles. The van der Waals surface area contributed by atoms with E-state index in [1.807, 2.05) is 0 Å². The summed E-state index contributed by atoms with van der Waals surface area (Å²) in [6, 6.07) is 0. The van der Waals surface area contributed by atoms with Crippen LogP contribution in [0.5, 0.6) is 0 Å². The Labute approximate surface area is 82.5 Å². The molecule has 2 heterocycles. The highest BCUT2D eigenvalue weighted by Gasteiger charge is 2.41. The molecule has 0 spiro atoms. The summed E-state index contributed by atoms with van der Waals surface area (Å²) in [4.78, 5) is 2.79. The summed E-state index contributed by atoms with van der Waals surface area (Å²) in [7, 11) is 0. The van der Waals surface area contributed by atoms with Crippen LogP contribution in [0.3, 0.4) is 0 Å². The fraction of sp³-hybridized carbons (Fsp3) is 1.00. The Bertz CT molecular complexity index is 176. The zero-order valence-corrected chi connectivity index (χ0v) is 9.18. The molecule has 0 radical (unpaired) electrons. The van der Waals surface area contributed by atoms with Crippen molar-refractivity contribution in [1.29, 1.82) is 0 Å². The Morgan fingerprint density at radius 1 is 1.08 bits per heavy atom. The van der Waals surface area contributed by atoms with Crippen molar-refractivity contribution in [3.8, 4) is 0 Å². The molecule has 1 atom stereocenters. The summed E-state index contributed by atoms with van der Waals surface area (Å²) >= 11 is 0. The van der Waals surface area contributed by atoms with Crippen LogP contribution in [0, 0.1) is 5.92 Å². The molecule has 1 nitrogen and oxygen atoms in total. The first kappa shape index (κ1) is 9.51. The molecule has 2 fully saturated rings. The summed E-state index contributed by atoms with van der Waals surface area (Å²) < 4.78 is 0. The fourth-order valence-corrected chi connectivity index (χ4v) is 3.48. The van der Waals surface area contributed by atoms with E-state index in [-0.39, 0.29) is 0 Å². The van der Waals surface area contributed by atoms with E-state index >= 15 is 0 Å². The van der Waals surface area contributed by atoms with Gasteiger partial charge in [0.1, 0.15) is 0 Å². The summed E-state index contributed by atoms with van der Waals surface area (Å²) in [5.74, 6) is 0.874. The summed E-state index contributed by atoms with van der Waals surface area (Å²) in [5.41, 5.74) is 0.645. The van der Waals surface area contributed by atoms with Gasteiger partial charge in [-0.1, -0.05) is 20.3 Å². The predicted octanol–water partition coefficient (Wildman–Crippen LogP) is 3.05. The normalized spacial score (nSPS) is 35.3. The minimum atomic E-state index is 0.645. The van der Waals surface area contributed by atoms with Crippen LogP contribution in [0.25, 0.3) is 0 Å². The Balaban J connectivity index is 2.06. The third kappa shape index (κ3) is 1.76. The van der Waals surface area contributed by atoms with E-state index in [9.17, 15) is 0 Å². The molecular formula is C12H23N. The van der Waals surface area contributed by atoms with E-state index < -0.39 is 0 Å². The van der Waals surface area contributed by atoms with E-state index in [0.29, 0.717) is 5.54 Å². The molecule has 76 valence electrons. The zero-order chi connectivity index (χ0) is 9.31. The Morgan fingerprint density at radius 2 is 1.77 bits per heavy atom. The average Bonchev–Trinajstić information content (AvgIpc) is 2.45. The van der Waals surface area contributed by atoms with E-state index in [4.69, 9.17) is 0 Å². The van der Waals surface area contributed by atoms with Gasteiger partial charge in [0.05, 0.1) is 0 Å². The second kappa shape index (κ2) is 3.61. The molecular weight excluding hydrogens is 158 g/mol. The van der Waals surface area contributed by atoms with E-state index in [2.05, 4.69) is 18.7 Å². The molecule has 13 heavy (non-hydrogen) atoms. The molecule has 0 aromatic rings. The largest absolute Gasteiger partial charge is 0.298 e. The number of rotatable bonds is 2. The molecule has 2 aliphatic rings. The van der Waals surface area contributed by atoms with Gasteiger partial charge in [-0.15, -0.1) is 0 Å². The van der Waals surface area contributed by atoms with Gasteiger partial charge < -0.3 is 0 Å². The first-order chi connectivity index (χ1) is 6.23. The molecule has 0 bridgehead atoms. The molecule has 2 rings (SSSR count). The van der Waals surface area contributed by atoms with Crippen molar-refractivity contribution in [1.82, 2.24) is 4.90 Å². The van der Waals surface area contributed by atoms with Crippen molar-refractivity contribution in [3.63, 3.8) is 0 Å². The first-order valence-corrected chi connectivity index (χ1v) is 5.98. The fourth-order valence-electron chi connectivity index (χ4n) is 3.48. The lowest BCUT2D eigenvalue weighted by Gasteiger charge is -2.43. The molecule has 1 heteroatoms. The molecule has 1 unspecified atom stereocenters.